The van der Waals surface area contributed by atoms with Gasteiger partial charge in [0.05, 0.1) is 0 Å². The molecule has 0 unspecified atom stereocenters. The summed E-state index contributed by atoms with van der Waals surface area (Å²) in [6.45, 7) is 3.47. The molecule has 1 aromatic rings. The number of nitrogens with one attached hydrogen (secondary N) is 2. The normalized spacial score (nSPS) is 21.7. The van der Waals surface area contributed by atoms with E-state index in [1.165, 1.54) is 44.3 Å². The number of hydrogen-bond acceptors (Lipinski definition) is 4. The van der Waals surface area contributed by atoms with Crippen LogP contribution < -0.4 is 10.6 Å². The van der Waals surface area contributed by atoms with E-state index in [0.717, 1.165) is 36.3 Å². The van der Waals surface area contributed by atoms with E-state index in [1.807, 2.05) is 12.1 Å². The van der Waals surface area contributed by atoms with Crippen LogP contribution >= 0.6 is 0 Å². The van der Waals surface area contributed by atoms with Gasteiger partial charge in [-0.25, -0.2) is 4.79 Å². The van der Waals surface area contributed by atoms with Gasteiger partial charge in [0.25, 0.3) is 5.91 Å². The number of imide groups is 1. The van der Waals surface area contributed by atoms with Crippen LogP contribution in [0.3, 0.4) is 0 Å². The van der Waals surface area contributed by atoms with Crippen LogP contribution in [-0.2, 0) is 22.7 Å². The number of likely N-dealkylation sites (tertiary alicyclic amines) is 1. The zero-order chi connectivity index (χ0) is 21.7. The molecule has 168 valence electrons. The highest BCUT2D eigenvalue weighted by Gasteiger charge is 2.51. The molecule has 0 aromatic heterocycles. The maximum absolute atomic E-state index is 12.8. The lowest BCUT2D eigenvalue weighted by molar-refractivity contribution is -0.135. The van der Waals surface area contributed by atoms with E-state index < -0.39 is 11.6 Å². The molecular formula is C24H34N4O3. The largest absolute Gasteiger partial charge is 0.350 e. The maximum Gasteiger partial charge on any atom is 0.325 e. The van der Waals surface area contributed by atoms with Gasteiger partial charge in [-0.3, -0.25) is 19.4 Å². The van der Waals surface area contributed by atoms with Crippen molar-refractivity contribution < 1.29 is 14.4 Å². The van der Waals surface area contributed by atoms with Crippen molar-refractivity contribution >= 4 is 17.8 Å². The first-order chi connectivity index (χ1) is 15.1. The number of urea groups is 1. The van der Waals surface area contributed by atoms with E-state index in [1.54, 1.807) is 0 Å². The van der Waals surface area contributed by atoms with E-state index in [-0.39, 0.29) is 18.4 Å². The van der Waals surface area contributed by atoms with Crippen molar-refractivity contribution in [2.24, 2.45) is 0 Å². The molecule has 1 aromatic carbocycles. The van der Waals surface area contributed by atoms with Crippen LogP contribution in [0.2, 0.25) is 0 Å². The molecule has 0 bridgehead atoms. The molecule has 4 amide bonds. The fourth-order valence-corrected chi connectivity index (χ4v) is 5.03. The zero-order valence-electron chi connectivity index (χ0n) is 18.3. The third-order valence-electron chi connectivity index (χ3n) is 6.87. The standard InChI is InChI=1S/C24H34N4O3/c29-21(18-28-22(30)24(26-23(28)31)12-4-3-5-13-24)25-16-19-8-10-20(11-9-19)17-27-14-6-1-2-7-15-27/h8-11H,1-7,12-18H2,(H,25,29)(H,26,31). The SMILES string of the molecule is O=C(CN1C(=O)NC2(CCCCC2)C1=O)NCc1ccc(CN2CCCCCC2)cc1. The number of rotatable bonds is 6. The van der Waals surface area contributed by atoms with Crippen LogP contribution in [0.5, 0.6) is 0 Å². The van der Waals surface area contributed by atoms with Crippen LogP contribution in [-0.4, -0.2) is 52.8 Å². The van der Waals surface area contributed by atoms with Crippen molar-refractivity contribution in [2.75, 3.05) is 19.6 Å². The lowest BCUT2D eigenvalue weighted by Gasteiger charge is -2.30. The smallest absolute Gasteiger partial charge is 0.325 e. The fraction of sp³-hybridized carbons (Fsp3) is 0.625. The molecule has 7 heteroatoms. The van der Waals surface area contributed by atoms with Crippen molar-refractivity contribution in [1.82, 2.24) is 20.4 Å². The minimum atomic E-state index is -0.779. The Morgan fingerprint density at radius 2 is 1.52 bits per heavy atom. The van der Waals surface area contributed by atoms with Crippen LogP contribution in [0, 0.1) is 0 Å². The van der Waals surface area contributed by atoms with Gasteiger partial charge in [0.2, 0.25) is 5.91 Å². The maximum atomic E-state index is 12.8. The number of hydrogen-bond donors (Lipinski definition) is 2. The van der Waals surface area contributed by atoms with Crippen molar-refractivity contribution in [3.63, 3.8) is 0 Å². The number of carbonyl (C=O) groups is 3. The molecular weight excluding hydrogens is 392 g/mol. The van der Waals surface area contributed by atoms with Crippen LogP contribution in [0.25, 0.3) is 0 Å². The summed E-state index contributed by atoms with van der Waals surface area (Å²) in [6, 6.07) is 7.88. The summed E-state index contributed by atoms with van der Waals surface area (Å²) < 4.78 is 0. The summed E-state index contributed by atoms with van der Waals surface area (Å²) in [6.07, 6.45) is 9.51. The highest BCUT2D eigenvalue weighted by Crippen LogP contribution is 2.33. The van der Waals surface area contributed by atoms with Gasteiger partial charge >= 0.3 is 6.03 Å². The third kappa shape index (κ3) is 5.26. The van der Waals surface area contributed by atoms with Gasteiger partial charge < -0.3 is 10.6 Å². The average molecular weight is 427 g/mol. The third-order valence-corrected chi connectivity index (χ3v) is 6.87. The van der Waals surface area contributed by atoms with Gasteiger partial charge in [0.15, 0.2) is 0 Å². The Hall–Kier alpha value is -2.41. The molecule has 2 saturated heterocycles. The lowest BCUT2D eigenvalue weighted by atomic mass is 9.82. The fourth-order valence-electron chi connectivity index (χ4n) is 5.03. The predicted molar refractivity (Wildman–Crippen MR) is 118 cm³/mol. The number of benzene rings is 1. The molecule has 2 N–H and O–H groups in total. The molecule has 2 aliphatic heterocycles. The summed E-state index contributed by atoms with van der Waals surface area (Å²) in [5.74, 6) is -0.560. The quantitative estimate of drug-likeness (QED) is 0.686. The summed E-state index contributed by atoms with van der Waals surface area (Å²) >= 11 is 0. The highest BCUT2D eigenvalue weighted by molar-refractivity contribution is 6.09. The first kappa shape index (κ1) is 21.8. The molecule has 3 fully saturated rings. The molecule has 3 aliphatic rings. The molecule has 1 spiro atoms. The molecule has 0 radical (unpaired) electrons. The zero-order valence-corrected chi connectivity index (χ0v) is 18.3. The topological polar surface area (TPSA) is 81.8 Å². The van der Waals surface area contributed by atoms with Crippen molar-refractivity contribution in [3.8, 4) is 0 Å². The van der Waals surface area contributed by atoms with Gasteiger partial charge in [0.1, 0.15) is 12.1 Å². The summed E-state index contributed by atoms with van der Waals surface area (Å²) in [5, 5.41) is 5.69. The highest BCUT2D eigenvalue weighted by atomic mass is 16.2. The summed E-state index contributed by atoms with van der Waals surface area (Å²) in [5.41, 5.74) is 1.52. The Morgan fingerprint density at radius 3 is 2.19 bits per heavy atom. The lowest BCUT2D eigenvalue weighted by Crippen LogP contribution is -2.49. The Bertz CT molecular complexity index is 794. The van der Waals surface area contributed by atoms with Gasteiger partial charge in [-0.1, -0.05) is 56.4 Å². The minimum absolute atomic E-state index is 0.223. The molecule has 31 heavy (non-hydrogen) atoms. The molecule has 1 saturated carbocycles. The Balaban J connectivity index is 1.25. The second kappa shape index (κ2) is 9.81. The van der Waals surface area contributed by atoms with Crippen molar-refractivity contribution in [1.29, 1.82) is 0 Å². The van der Waals surface area contributed by atoms with E-state index >= 15 is 0 Å². The number of carbonyl (C=O) groups excluding carboxylic acids is 3. The molecule has 7 nitrogen and oxygen atoms in total. The Labute approximate surface area is 184 Å². The minimum Gasteiger partial charge on any atom is -0.350 e. The first-order valence-electron chi connectivity index (χ1n) is 11.8. The van der Waals surface area contributed by atoms with Crippen molar-refractivity contribution in [3.05, 3.63) is 35.4 Å². The van der Waals surface area contributed by atoms with E-state index in [2.05, 4.69) is 27.7 Å². The van der Waals surface area contributed by atoms with Gasteiger partial charge in [-0.05, 0) is 49.9 Å². The van der Waals surface area contributed by atoms with Gasteiger partial charge in [-0.15, -0.1) is 0 Å². The Kier molecular flexibility index (Phi) is 6.90. The van der Waals surface area contributed by atoms with Crippen molar-refractivity contribution in [2.45, 2.75) is 76.4 Å². The molecule has 4 rings (SSSR count). The summed E-state index contributed by atoms with van der Waals surface area (Å²) in [4.78, 5) is 41.1. The monoisotopic (exact) mass is 426 g/mol. The van der Waals surface area contributed by atoms with E-state index in [9.17, 15) is 14.4 Å². The van der Waals surface area contributed by atoms with Gasteiger partial charge in [0, 0.05) is 13.1 Å². The van der Waals surface area contributed by atoms with E-state index in [0.29, 0.717) is 19.4 Å². The summed E-state index contributed by atoms with van der Waals surface area (Å²) in [7, 11) is 0. The number of amides is 4. The van der Waals surface area contributed by atoms with Crippen LogP contribution in [0.4, 0.5) is 4.79 Å². The van der Waals surface area contributed by atoms with E-state index in [4.69, 9.17) is 0 Å². The second-order valence-corrected chi connectivity index (χ2v) is 9.25. The van der Waals surface area contributed by atoms with Crippen LogP contribution in [0.1, 0.15) is 68.9 Å². The van der Waals surface area contributed by atoms with Gasteiger partial charge in [-0.2, -0.15) is 0 Å². The second-order valence-electron chi connectivity index (χ2n) is 9.25. The molecule has 0 atom stereocenters. The first-order valence-corrected chi connectivity index (χ1v) is 11.8. The average Bonchev–Trinajstić information content (AvgIpc) is 2.96. The molecule has 2 heterocycles. The molecule has 1 aliphatic carbocycles. The predicted octanol–water partition coefficient (Wildman–Crippen LogP) is 2.93. The number of nitrogens with zero attached hydrogens (tertiary/aromatic N) is 2. The van der Waals surface area contributed by atoms with Crippen LogP contribution in [0.15, 0.2) is 24.3 Å². The Morgan fingerprint density at radius 1 is 0.903 bits per heavy atom.